The molecule has 0 spiro atoms. The van der Waals surface area contributed by atoms with Gasteiger partial charge in [0.2, 0.25) is 0 Å². The zero-order valence-corrected chi connectivity index (χ0v) is 18.1. The Hall–Kier alpha value is -3.30. The first kappa shape index (κ1) is 22.9. The second-order valence-electron chi connectivity index (χ2n) is 7.82. The van der Waals surface area contributed by atoms with Crippen LogP contribution in [-0.2, 0) is 14.3 Å². The number of Topliss-reactive ketones (excluding diaryl/α,β-unsaturated/α-hetero) is 1. The minimum atomic E-state index is -1.14. The molecule has 7 nitrogen and oxygen atoms in total. The van der Waals surface area contributed by atoms with Gasteiger partial charge in [-0.3, -0.25) is 14.5 Å². The number of aliphatic hydroxyl groups is 1. The lowest BCUT2D eigenvalue weighted by Gasteiger charge is -2.31. The highest BCUT2D eigenvalue weighted by molar-refractivity contribution is 6.46. The van der Waals surface area contributed by atoms with Crippen LogP contribution in [0.1, 0.15) is 17.2 Å². The molecule has 1 amide bonds. The molecule has 2 aromatic carbocycles. The standard InChI is InChI=1S/C24H24F2N2O5/c1-32-19-7-6-15(14-18(19)26)22(29)20-21(16-4-2-3-5-17(16)25)28(24(31)23(20)30)9-8-27-10-12-33-13-11-27/h2-7,14,21,29H,8-13H2,1H3/b22-20+/t21-/m1/s1. The van der Waals surface area contributed by atoms with Crippen molar-refractivity contribution in [2.45, 2.75) is 6.04 Å². The molecule has 174 valence electrons. The number of amides is 1. The van der Waals surface area contributed by atoms with Crippen LogP contribution in [0.25, 0.3) is 5.76 Å². The van der Waals surface area contributed by atoms with Crippen LogP contribution in [0, 0.1) is 11.6 Å². The molecule has 0 aliphatic carbocycles. The van der Waals surface area contributed by atoms with Gasteiger partial charge < -0.3 is 19.5 Å². The third-order valence-electron chi connectivity index (χ3n) is 5.93. The molecule has 0 saturated carbocycles. The fourth-order valence-electron chi connectivity index (χ4n) is 4.17. The summed E-state index contributed by atoms with van der Waals surface area (Å²) in [6.07, 6.45) is 0. The summed E-state index contributed by atoms with van der Waals surface area (Å²) in [6.45, 7) is 3.10. The molecular weight excluding hydrogens is 434 g/mol. The molecule has 0 radical (unpaired) electrons. The van der Waals surface area contributed by atoms with Crippen molar-refractivity contribution in [2.24, 2.45) is 0 Å². The Bertz CT molecular complexity index is 1100. The Balaban J connectivity index is 1.76. The number of nitrogens with zero attached hydrogens (tertiary/aromatic N) is 2. The Morgan fingerprint density at radius 3 is 2.48 bits per heavy atom. The molecule has 2 aromatic rings. The van der Waals surface area contributed by atoms with Crippen molar-refractivity contribution >= 4 is 17.4 Å². The van der Waals surface area contributed by atoms with Crippen LogP contribution < -0.4 is 4.74 Å². The predicted octanol–water partition coefficient (Wildman–Crippen LogP) is 2.73. The number of ether oxygens (including phenoxy) is 2. The molecule has 4 rings (SSSR count). The van der Waals surface area contributed by atoms with Gasteiger partial charge in [-0.1, -0.05) is 18.2 Å². The van der Waals surface area contributed by atoms with E-state index in [1.165, 1.54) is 42.3 Å². The van der Waals surface area contributed by atoms with Crippen molar-refractivity contribution in [1.82, 2.24) is 9.80 Å². The topological polar surface area (TPSA) is 79.3 Å². The second-order valence-corrected chi connectivity index (χ2v) is 7.82. The third-order valence-corrected chi connectivity index (χ3v) is 5.93. The van der Waals surface area contributed by atoms with Gasteiger partial charge in [0.15, 0.2) is 11.6 Å². The van der Waals surface area contributed by atoms with E-state index in [2.05, 4.69) is 4.90 Å². The molecule has 2 saturated heterocycles. The molecule has 9 heteroatoms. The number of rotatable bonds is 6. The number of likely N-dealkylation sites (tertiary alicyclic amines) is 1. The van der Waals surface area contributed by atoms with E-state index in [1.807, 2.05) is 0 Å². The van der Waals surface area contributed by atoms with Gasteiger partial charge in [0, 0.05) is 37.3 Å². The SMILES string of the molecule is COc1ccc(/C(O)=C2\C(=O)C(=O)N(CCN3CCOCC3)[C@@H]2c2ccccc2F)cc1F. The summed E-state index contributed by atoms with van der Waals surface area (Å²) in [5, 5.41) is 11.0. The first-order chi connectivity index (χ1) is 15.9. The van der Waals surface area contributed by atoms with Gasteiger partial charge in [-0.25, -0.2) is 8.78 Å². The Morgan fingerprint density at radius 2 is 1.82 bits per heavy atom. The van der Waals surface area contributed by atoms with Crippen molar-refractivity contribution in [3.63, 3.8) is 0 Å². The number of carbonyl (C=O) groups is 2. The normalized spacial score (nSPS) is 20.9. The maximum atomic E-state index is 14.8. The molecule has 0 aromatic heterocycles. The molecule has 2 aliphatic heterocycles. The first-order valence-corrected chi connectivity index (χ1v) is 10.6. The third kappa shape index (κ3) is 4.46. The molecule has 1 atom stereocenters. The molecule has 2 aliphatic rings. The summed E-state index contributed by atoms with van der Waals surface area (Å²) < 4.78 is 39.3. The zero-order valence-electron chi connectivity index (χ0n) is 18.1. The Morgan fingerprint density at radius 1 is 1.09 bits per heavy atom. The molecule has 2 heterocycles. The van der Waals surface area contributed by atoms with E-state index in [-0.39, 0.29) is 29.0 Å². The van der Waals surface area contributed by atoms with Crippen LogP contribution in [0.15, 0.2) is 48.0 Å². The van der Waals surface area contributed by atoms with Crippen LogP contribution >= 0.6 is 0 Å². The number of aliphatic hydroxyl groups excluding tert-OH is 1. The lowest BCUT2D eigenvalue weighted by Crippen LogP contribution is -2.42. The summed E-state index contributed by atoms with van der Waals surface area (Å²) in [5.41, 5.74) is -0.216. The van der Waals surface area contributed by atoms with Gasteiger partial charge in [0.25, 0.3) is 11.7 Å². The van der Waals surface area contributed by atoms with Crippen LogP contribution in [0.4, 0.5) is 8.78 Å². The largest absolute Gasteiger partial charge is 0.507 e. The number of carbonyl (C=O) groups excluding carboxylic acids is 2. The summed E-state index contributed by atoms with van der Waals surface area (Å²) >= 11 is 0. The molecule has 0 unspecified atom stereocenters. The van der Waals surface area contributed by atoms with Crippen molar-refractivity contribution in [2.75, 3.05) is 46.5 Å². The maximum Gasteiger partial charge on any atom is 0.295 e. The lowest BCUT2D eigenvalue weighted by molar-refractivity contribution is -0.140. The summed E-state index contributed by atoms with van der Waals surface area (Å²) in [4.78, 5) is 29.3. The van der Waals surface area contributed by atoms with E-state index in [0.29, 0.717) is 32.8 Å². The number of ketones is 1. The molecule has 1 N–H and O–H groups in total. The van der Waals surface area contributed by atoms with Gasteiger partial charge in [-0.05, 0) is 24.3 Å². The molecule has 33 heavy (non-hydrogen) atoms. The van der Waals surface area contributed by atoms with Crippen molar-refractivity contribution in [3.05, 3.63) is 70.8 Å². The molecular formula is C24H24F2N2O5. The van der Waals surface area contributed by atoms with Crippen LogP contribution in [0.2, 0.25) is 0 Å². The Kier molecular flexibility index (Phi) is 6.71. The van der Waals surface area contributed by atoms with E-state index in [4.69, 9.17) is 9.47 Å². The van der Waals surface area contributed by atoms with E-state index in [9.17, 15) is 23.5 Å². The predicted molar refractivity (Wildman–Crippen MR) is 116 cm³/mol. The van der Waals surface area contributed by atoms with Gasteiger partial charge in [-0.15, -0.1) is 0 Å². The summed E-state index contributed by atoms with van der Waals surface area (Å²) in [6, 6.07) is 8.32. The van der Waals surface area contributed by atoms with Gasteiger partial charge in [-0.2, -0.15) is 0 Å². The number of hydrogen-bond donors (Lipinski definition) is 1. The average molecular weight is 458 g/mol. The molecule has 0 bridgehead atoms. The van der Waals surface area contributed by atoms with Crippen molar-refractivity contribution < 1.29 is 33.0 Å². The van der Waals surface area contributed by atoms with Gasteiger partial charge in [0.05, 0.1) is 31.9 Å². The lowest BCUT2D eigenvalue weighted by atomic mass is 9.95. The van der Waals surface area contributed by atoms with Gasteiger partial charge in [0.1, 0.15) is 11.6 Å². The van der Waals surface area contributed by atoms with Crippen molar-refractivity contribution in [3.8, 4) is 5.75 Å². The van der Waals surface area contributed by atoms with Crippen LogP contribution in [0.5, 0.6) is 5.75 Å². The fourth-order valence-corrected chi connectivity index (χ4v) is 4.17. The minimum absolute atomic E-state index is 0.0131. The van der Waals surface area contributed by atoms with E-state index in [1.54, 1.807) is 6.07 Å². The minimum Gasteiger partial charge on any atom is -0.507 e. The quantitative estimate of drug-likeness (QED) is 0.408. The second kappa shape index (κ2) is 9.68. The fraction of sp³-hybridized carbons (Fsp3) is 0.333. The number of hydrogen-bond acceptors (Lipinski definition) is 6. The zero-order chi connectivity index (χ0) is 23.5. The van der Waals surface area contributed by atoms with Crippen LogP contribution in [-0.4, -0.2) is 73.1 Å². The molecule has 2 fully saturated rings. The highest BCUT2D eigenvalue weighted by Gasteiger charge is 2.47. The number of methoxy groups -OCH3 is 1. The number of halogens is 2. The summed E-state index contributed by atoms with van der Waals surface area (Å²) in [7, 11) is 1.30. The van der Waals surface area contributed by atoms with E-state index >= 15 is 0 Å². The van der Waals surface area contributed by atoms with Gasteiger partial charge >= 0.3 is 0 Å². The average Bonchev–Trinajstić information content (AvgIpc) is 3.08. The number of morpholine rings is 1. The van der Waals surface area contributed by atoms with Crippen molar-refractivity contribution in [1.29, 1.82) is 0 Å². The number of benzene rings is 2. The van der Waals surface area contributed by atoms with Crippen LogP contribution in [0.3, 0.4) is 0 Å². The smallest absolute Gasteiger partial charge is 0.295 e. The first-order valence-electron chi connectivity index (χ1n) is 10.6. The van der Waals surface area contributed by atoms with E-state index in [0.717, 1.165) is 6.07 Å². The summed E-state index contributed by atoms with van der Waals surface area (Å²) in [5.74, 6) is -3.76. The highest BCUT2D eigenvalue weighted by atomic mass is 19.1. The highest BCUT2D eigenvalue weighted by Crippen LogP contribution is 2.40. The monoisotopic (exact) mass is 458 g/mol. The Labute approximate surface area is 189 Å². The maximum absolute atomic E-state index is 14.8. The van der Waals surface area contributed by atoms with E-state index < -0.39 is 35.1 Å².